The molecule has 0 N–H and O–H groups in total. The Labute approximate surface area is 193 Å². The fraction of sp³-hybridized carbons (Fsp3) is 0.320. The summed E-state index contributed by atoms with van der Waals surface area (Å²) in [6.07, 6.45) is 16.1. The number of methoxy groups -OCH3 is 1. The van der Waals surface area contributed by atoms with Crippen molar-refractivity contribution in [2.45, 2.75) is 37.3 Å². The van der Waals surface area contributed by atoms with Crippen LogP contribution in [0.15, 0.2) is 72.1 Å². The molecule has 3 heterocycles. The van der Waals surface area contributed by atoms with Crippen molar-refractivity contribution in [3.05, 3.63) is 84.0 Å². The predicted molar refractivity (Wildman–Crippen MR) is 115 cm³/mol. The van der Waals surface area contributed by atoms with Crippen molar-refractivity contribution in [3.63, 3.8) is 0 Å². The number of likely N-dealkylation sites (tertiary alicyclic amines) is 1. The molecule has 0 saturated carbocycles. The topological polar surface area (TPSA) is 49.9 Å². The summed E-state index contributed by atoms with van der Waals surface area (Å²) in [6, 6.07) is 8.07. The number of ether oxygens (including phenoxy) is 1. The van der Waals surface area contributed by atoms with Crippen LogP contribution in [0.4, 0.5) is 5.69 Å². The first-order valence-corrected chi connectivity index (χ1v) is 10.4. The predicted octanol–water partition coefficient (Wildman–Crippen LogP) is 3.80. The molecule has 0 aromatic heterocycles. The van der Waals surface area contributed by atoms with Crippen molar-refractivity contribution in [2.75, 3.05) is 18.6 Å². The van der Waals surface area contributed by atoms with E-state index in [1.54, 1.807) is 14.0 Å². The van der Waals surface area contributed by atoms with Crippen LogP contribution >= 0.6 is 0 Å². The second-order valence-corrected chi connectivity index (χ2v) is 8.19. The number of rotatable bonds is 1. The monoisotopic (exact) mass is 460 g/mol. The van der Waals surface area contributed by atoms with Crippen LogP contribution in [-0.4, -0.2) is 36.0 Å². The molecule has 1 aromatic rings. The first-order chi connectivity index (χ1) is 14.6. The zero-order valence-electron chi connectivity index (χ0n) is 17.6. The Hall–Kier alpha value is -2.57. The van der Waals surface area contributed by atoms with Crippen molar-refractivity contribution in [1.29, 1.82) is 0 Å². The summed E-state index contributed by atoms with van der Waals surface area (Å²) >= 11 is 0. The fourth-order valence-corrected chi connectivity index (χ4v) is 5.88. The van der Waals surface area contributed by atoms with Gasteiger partial charge in [-0.25, -0.2) is 0 Å². The molecule has 3 aliphatic heterocycles. The van der Waals surface area contributed by atoms with E-state index in [2.05, 4.69) is 12.1 Å². The molecule has 2 aliphatic carbocycles. The summed E-state index contributed by atoms with van der Waals surface area (Å²) in [4.78, 5) is 29.4. The molecule has 0 bridgehead atoms. The summed E-state index contributed by atoms with van der Waals surface area (Å²) < 4.78 is 5.61. The van der Waals surface area contributed by atoms with Crippen LogP contribution in [-0.2, 0) is 36.5 Å². The number of hydrogen-bond donors (Lipinski definition) is 0. The molecule has 1 aromatic carbocycles. The number of carbonyl (C=O) groups excluding carboxylic acids is 2. The van der Waals surface area contributed by atoms with E-state index in [0.29, 0.717) is 19.4 Å². The second-order valence-electron chi connectivity index (χ2n) is 8.19. The summed E-state index contributed by atoms with van der Waals surface area (Å²) in [6.45, 7) is 2.24. The number of nitrogens with zero attached hydrogens (tertiary/aromatic N) is 2. The van der Waals surface area contributed by atoms with E-state index in [9.17, 15) is 9.59 Å². The maximum Gasteiger partial charge on any atom is 0.229 e. The van der Waals surface area contributed by atoms with Gasteiger partial charge in [0.1, 0.15) is 5.76 Å². The number of amides is 2. The van der Waals surface area contributed by atoms with E-state index in [1.807, 2.05) is 64.8 Å². The second kappa shape index (κ2) is 7.84. The molecule has 2 saturated heterocycles. The number of piperidine rings is 1. The molecule has 31 heavy (non-hydrogen) atoms. The number of carbonyl (C=O) groups is 2. The van der Waals surface area contributed by atoms with Gasteiger partial charge in [0.25, 0.3) is 0 Å². The third-order valence-electron chi connectivity index (χ3n) is 6.87. The Morgan fingerprint density at radius 2 is 1.84 bits per heavy atom. The smallest absolute Gasteiger partial charge is 0.229 e. The van der Waals surface area contributed by atoms with Crippen LogP contribution < -0.4 is 4.90 Å². The van der Waals surface area contributed by atoms with E-state index in [4.69, 9.17) is 4.74 Å². The molecule has 2 fully saturated rings. The summed E-state index contributed by atoms with van der Waals surface area (Å²) in [5.41, 5.74) is 1.99. The number of para-hydroxylation sites is 1. The molecular formula is C25H25CoN2O3. The SMILES string of the molecule is COC1=C[C@]23CCN(C(C)=O)[C@]24C(=C1)CCC(=O)N4c1ccccc13.[CH]1C=CC=C1.[Co]. The average molecular weight is 460 g/mol. The quantitative estimate of drug-likeness (QED) is 0.641. The van der Waals surface area contributed by atoms with Crippen molar-refractivity contribution < 1.29 is 31.1 Å². The van der Waals surface area contributed by atoms with Crippen molar-refractivity contribution in [1.82, 2.24) is 4.90 Å². The molecule has 6 heteroatoms. The minimum atomic E-state index is -0.736. The van der Waals surface area contributed by atoms with Gasteiger partial charge in [0.2, 0.25) is 11.8 Å². The number of hydrogen-bond acceptors (Lipinski definition) is 3. The van der Waals surface area contributed by atoms with Crippen LogP contribution in [0.1, 0.15) is 31.7 Å². The van der Waals surface area contributed by atoms with Gasteiger partial charge in [-0.2, -0.15) is 0 Å². The maximum absolute atomic E-state index is 13.0. The Kier molecular flexibility index (Phi) is 5.48. The minimum absolute atomic E-state index is 0. The average Bonchev–Trinajstić information content (AvgIpc) is 3.46. The molecular weight excluding hydrogens is 435 g/mol. The molecule has 2 amide bonds. The standard InChI is InChI=1S/C20H20N2O3.C5H5.Co/c1-13(23)21-10-9-19-12-15(25-2)11-14-7-8-18(24)22(20(14,19)21)17-6-4-3-5-16(17)19;1-2-4-5-3-1;/h3-6,11-12H,7-10H2,1-2H3;1-5H;/t19-,20-;;/m0../s1. The van der Waals surface area contributed by atoms with Crippen molar-refractivity contribution >= 4 is 17.5 Å². The Morgan fingerprint density at radius 1 is 1.10 bits per heavy atom. The molecule has 2 radical (unpaired) electrons. The molecule has 2 atom stereocenters. The Morgan fingerprint density at radius 3 is 2.48 bits per heavy atom. The van der Waals surface area contributed by atoms with Gasteiger partial charge in [0, 0.05) is 43.1 Å². The third-order valence-corrected chi connectivity index (χ3v) is 6.87. The van der Waals surface area contributed by atoms with E-state index >= 15 is 0 Å². The maximum atomic E-state index is 13.0. The van der Waals surface area contributed by atoms with E-state index in [-0.39, 0.29) is 28.6 Å². The van der Waals surface area contributed by atoms with Gasteiger partial charge < -0.3 is 9.64 Å². The van der Waals surface area contributed by atoms with E-state index < -0.39 is 11.1 Å². The van der Waals surface area contributed by atoms with Crippen molar-refractivity contribution in [3.8, 4) is 0 Å². The summed E-state index contributed by atoms with van der Waals surface area (Å²) in [7, 11) is 1.68. The largest absolute Gasteiger partial charge is 0.497 e. The van der Waals surface area contributed by atoms with Crippen LogP contribution in [0.2, 0.25) is 0 Å². The molecule has 5 aliphatic rings. The molecule has 162 valence electrons. The number of fused-ring (bicyclic) bond motifs is 2. The Bertz CT molecular complexity index is 1050. The van der Waals surface area contributed by atoms with Crippen LogP contribution in [0.25, 0.3) is 0 Å². The minimum Gasteiger partial charge on any atom is -0.497 e. The summed E-state index contributed by atoms with van der Waals surface area (Å²) in [5, 5.41) is 0. The van der Waals surface area contributed by atoms with Crippen LogP contribution in [0.3, 0.4) is 0 Å². The van der Waals surface area contributed by atoms with Gasteiger partial charge >= 0.3 is 0 Å². The molecule has 5 nitrogen and oxygen atoms in total. The van der Waals surface area contributed by atoms with Gasteiger partial charge in [-0.3, -0.25) is 14.5 Å². The number of anilines is 1. The van der Waals surface area contributed by atoms with Gasteiger partial charge in [-0.15, -0.1) is 0 Å². The summed E-state index contributed by atoms with van der Waals surface area (Å²) in [5.74, 6) is 0.922. The fourth-order valence-electron chi connectivity index (χ4n) is 5.88. The first kappa shape index (κ1) is 21.7. The first-order valence-electron chi connectivity index (χ1n) is 10.4. The van der Waals surface area contributed by atoms with Crippen molar-refractivity contribution in [2.24, 2.45) is 0 Å². The Balaban J connectivity index is 0.000000342. The number of benzene rings is 1. The number of allylic oxidation sites excluding steroid dienone is 5. The normalized spacial score (nSPS) is 28.5. The zero-order valence-corrected chi connectivity index (χ0v) is 18.7. The van der Waals surface area contributed by atoms with Gasteiger partial charge in [0.05, 0.1) is 18.2 Å². The third kappa shape index (κ3) is 2.74. The van der Waals surface area contributed by atoms with Crippen LogP contribution in [0.5, 0.6) is 0 Å². The molecule has 0 unspecified atom stereocenters. The van der Waals surface area contributed by atoms with E-state index in [1.165, 1.54) is 0 Å². The van der Waals surface area contributed by atoms with Gasteiger partial charge in [0.15, 0.2) is 5.66 Å². The van der Waals surface area contributed by atoms with Crippen LogP contribution in [0, 0.1) is 6.42 Å². The van der Waals surface area contributed by atoms with E-state index in [0.717, 1.165) is 29.0 Å². The zero-order chi connectivity index (χ0) is 20.9. The molecule has 1 spiro atoms. The molecule has 6 rings (SSSR count). The van der Waals surface area contributed by atoms with Gasteiger partial charge in [-0.1, -0.05) is 42.5 Å². The van der Waals surface area contributed by atoms with Gasteiger partial charge in [-0.05, 0) is 42.2 Å².